The first kappa shape index (κ1) is 11.8. The molecule has 0 radical (unpaired) electrons. The van der Waals surface area contributed by atoms with E-state index in [0.717, 1.165) is 12.8 Å². The number of carboxylic acid groups (broad SMARTS) is 1. The van der Waals surface area contributed by atoms with E-state index in [1.807, 2.05) is 0 Å². The number of hydrogen-bond donors (Lipinski definition) is 2. The van der Waals surface area contributed by atoms with Gasteiger partial charge in [-0.3, -0.25) is 4.79 Å². The summed E-state index contributed by atoms with van der Waals surface area (Å²) in [7, 11) is 0. The summed E-state index contributed by atoms with van der Waals surface area (Å²) in [6, 6.07) is -0.714. The van der Waals surface area contributed by atoms with Crippen LogP contribution in [0.15, 0.2) is 0 Å². The summed E-state index contributed by atoms with van der Waals surface area (Å²) < 4.78 is 0. The Bertz CT molecular complexity index is 141. The van der Waals surface area contributed by atoms with Gasteiger partial charge in [0.05, 0.1) is 0 Å². The minimum Gasteiger partial charge on any atom is -0.480 e. The fraction of sp³-hybridized carbons (Fsp3) is 0.875. The largest absolute Gasteiger partial charge is 0.480 e. The van der Waals surface area contributed by atoms with Crippen molar-refractivity contribution in [3.8, 4) is 0 Å². The van der Waals surface area contributed by atoms with E-state index in [1.165, 1.54) is 0 Å². The summed E-state index contributed by atoms with van der Waals surface area (Å²) in [6.07, 6.45) is 2.26. The van der Waals surface area contributed by atoms with Crippen LogP contribution in [0.3, 0.4) is 0 Å². The van der Waals surface area contributed by atoms with Crippen LogP contribution < -0.4 is 5.73 Å². The lowest BCUT2D eigenvalue weighted by Crippen LogP contribution is -2.33. The fourth-order valence-electron chi connectivity index (χ4n) is 0.829. The van der Waals surface area contributed by atoms with Gasteiger partial charge in [0.15, 0.2) is 0 Å². The highest BCUT2D eigenvalue weighted by Gasteiger charge is 2.12. The summed E-state index contributed by atoms with van der Waals surface area (Å²) in [6.45, 7) is 4.22. The van der Waals surface area contributed by atoms with E-state index >= 15 is 0 Å². The summed E-state index contributed by atoms with van der Waals surface area (Å²) in [5.74, 6) is -0.401. The number of carbonyl (C=O) groups is 1. The van der Waals surface area contributed by atoms with Crippen molar-refractivity contribution in [1.82, 2.24) is 0 Å². The van der Waals surface area contributed by atoms with Crippen molar-refractivity contribution in [2.75, 3.05) is 5.75 Å². The standard InChI is InChI=1S/C8H17NO2S/c1-3-4-6(2)12-5-7(9)8(10)11/h6-7H,3-5,9H2,1-2H3,(H,10,11)/t6?,7-/m0/s1. The molecule has 3 nitrogen and oxygen atoms in total. The minimum absolute atomic E-state index is 0.510. The Morgan fingerprint density at radius 3 is 2.67 bits per heavy atom. The van der Waals surface area contributed by atoms with Crippen LogP contribution in [-0.4, -0.2) is 28.1 Å². The first-order valence-corrected chi connectivity index (χ1v) is 5.22. The molecule has 0 amide bonds. The van der Waals surface area contributed by atoms with Crippen molar-refractivity contribution < 1.29 is 9.90 Å². The molecule has 0 aliphatic rings. The second-order valence-corrected chi connectivity index (χ2v) is 4.35. The van der Waals surface area contributed by atoms with Gasteiger partial charge < -0.3 is 10.8 Å². The highest BCUT2D eigenvalue weighted by atomic mass is 32.2. The SMILES string of the molecule is CCCC(C)SC[C@H](N)C(=O)O. The molecule has 0 spiro atoms. The predicted molar refractivity (Wildman–Crippen MR) is 52.4 cm³/mol. The van der Waals surface area contributed by atoms with Crippen molar-refractivity contribution in [2.45, 2.75) is 38.0 Å². The van der Waals surface area contributed by atoms with Crippen LogP contribution >= 0.6 is 11.8 Å². The Balaban J connectivity index is 3.46. The topological polar surface area (TPSA) is 63.3 Å². The van der Waals surface area contributed by atoms with E-state index in [4.69, 9.17) is 10.8 Å². The van der Waals surface area contributed by atoms with Crippen LogP contribution in [0.5, 0.6) is 0 Å². The van der Waals surface area contributed by atoms with Gasteiger partial charge >= 0.3 is 5.97 Å². The molecule has 0 heterocycles. The van der Waals surface area contributed by atoms with Gasteiger partial charge in [0.25, 0.3) is 0 Å². The Morgan fingerprint density at radius 2 is 2.25 bits per heavy atom. The molecule has 0 saturated heterocycles. The molecule has 0 aliphatic carbocycles. The summed E-state index contributed by atoms with van der Waals surface area (Å²) >= 11 is 1.63. The molecular formula is C8H17NO2S. The van der Waals surface area contributed by atoms with Crippen LogP contribution in [0.25, 0.3) is 0 Å². The van der Waals surface area contributed by atoms with Gasteiger partial charge in [-0.2, -0.15) is 11.8 Å². The molecule has 1 unspecified atom stereocenters. The van der Waals surface area contributed by atoms with Crippen molar-refractivity contribution in [3.05, 3.63) is 0 Å². The van der Waals surface area contributed by atoms with Gasteiger partial charge in [-0.05, 0) is 6.42 Å². The molecule has 12 heavy (non-hydrogen) atoms. The van der Waals surface area contributed by atoms with E-state index in [9.17, 15) is 4.79 Å². The maximum atomic E-state index is 10.3. The molecule has 0 aromatic heterocycles. The van der Waals surface area contributed by atoms with Gasteiger partial charge in [0.1, 0.15) is 6.04 Å². The van der Waals surface area contributed by atoms with Gasteiger partial charge in [0.2, 0.25) is 0 Å². The smallest absolute Gasteiger partial charge is 0.321 e. The highest BCUT2D eigenvalue weighted by Crippen LogP contribution is 2.15. The predicted octanol–water partition coefficient (Wildman–Crippen LogP) is 1.32. The molecule has 72 valence electrons. The number of thioether (sulfide) groups is 1. The third-order valence-electron chi connectivity index (χ3n) is 1.57. The molecule has 0 rings (SSSR count). The average Bonchev–Trinajstić information content (AvgIpc) is 2.00. The number of nitrogens with two attached hydrogens (primary N) is 1. The maximum absolute atomic E-state index is 10.3. The van der Waals surface area contributed by atoms with Crippen molar-refractivity contribution >= 4 is 17.7 Å². The summed E-state index contributed by atoms with van der Waals surface area (Å²) in [5, 5.41) is 9.00. The van der Waals surface area contributed by atoms with E-state index < -0.39 is 12.0 Å². The molecule has 0 bridgehead atoms. The second kappa shape index (κ2) is 6.31. The Hall–Kier alpha value is -0.220. The molecule has 0 aromatic carbocycles. The lowest BCUT2D eigenvalue weighted by atomic mass is 10.3. The maximum Gasteiger partial charge on any atom is 0.321 e. The molecule has 4 heteroatoms. The zero-order valence-corrected chi connectivity index (χ0v) is 8.43. The van der Waals surface area contributed by atoms with Crippen LogP contribution in [0.4, 0.5) is 0 Å². The van der Waals surface area contributed by atoms with Crippen molar-refractivity contribution in [2.24, 2.45) is 5.73 Å². The summed E-state index contributed by atoms with van der Waals surface area (Å²) in [4.78, 5) is 10.3. The molecule has 0 fully saturated rings. The fourth-order valence-corrected chi connectivity index (χ4v) is 1.91. The number of carboxylic acids is 1. The van der Waals surface area contributed by atoms with Crippen molar-refractivity contribution in [3.63, 3.8) is 0 Å². The summed E-state index contributed by atoms with van der Waals surface area (Å²) in [5.41, 5.74) is 5.34. The van der Waals surface area contributed by atoms with Crippen LogP contribution in [0.1, 0.15) is 26.7 Å². The average molecular weight is 191 g/mol. The Labute approximate surface area is 77.7 Å². The molecule has 0 aliphatic heterocycles. The van der Waals surface area contributed by atoms with Crippen molar-refractivity contribution in [1.29, 1.82) is 0 Å². The van der Waals surface area contributed by atoms with E-state index in [1.54, 1.807) is 11.8 Å². The molecule has 0 aromatic rings. The zero-order chi connectivity index (χ0) is 9.56. The Kier molecular flexibility index (Phi) is 6.20. The second-order valence-electron chi connectivity index (χ2n) is 2.88. The third kappa shape index (κ3) is 5.43. The minimum atomic E-state index is -0.911. The van der Waals surface area contributed by atoms with Crippen LogP contribution in [0.2, 0.25) is 0 Å². The van der Waals surface area contributed by atoms with Gasteiger partial charge in [-0.15, -0.1) is 0 Å². The third-order valence-corrected chi connectivity index (χ3v) is 2.93. The van der Waals surface area contributed by atoms with Gasteiger partial charge in [-0.25, -0.2) is 0 Å². The van der Waals surface area contributed by atoms with E-state index in [0.29, 0.717) is 11.0 Å². The number of aliphatic carboxylic acids is 1. The molecule has 0 saturated carbocycles. The van der Waals surface area contributed by atoms with E-state index in [2.05, 4.69) is 13.8 Å². The quantitative estimate of drug-likeness (QED) is 0.664. The first-order chi connectivity index (χ1) is 5.57. The first-order valence-electron chi connectivity index (χ1n) is 4.18. The monoisotopic (exact) mass is 191 g/mol. The van der Waals surface area contributed by atoms with Crippen LogP contribution in [-0.2, 0) is 4.79 Å². The molecular weight excluding hydrogens is 174 g/mol. The van der Waals surface area contributed by atoms with Gasteiger partial charge in [-0.1, -0.05) is 20.3 Å². The highest BCUT2D eigenvalue weighted by molar-refractivity contribution is 7.99. The lowest BCUT2D eigenvalue weighted by molar-refractivity contribution is -0.137. The normalized spacial score (nSPS) is 15.6. The molecule has 2 atom stereocenters. The number of hydrogen-bond acceptors (Lipinski definition) is 3. The van der Waals surface area contributed by atoms with Gasteiger partial charge in [0, 0.05) is 11.0 Å². The van der Waals surface area contributed by atoms with Crippen LogP contribution in [0, 0.1) is 0 Å². The Morgan fingerprint density at radius 1 is 1.67 bits per heavy atom. The molecule has 3 N–H and O–H groups in total. The zero-order valence-electron chi connectivity index (χ0n) is 7.62. The number of rotatable bonds is 6. The van der Waals surface area contributed by atoms with E-state index in [-0.39, 0.29) is 0 Å². The lowest BCUT2D eigenvalue weighted by Gasteiger charge is -2.11.